The molecule has 0 radical (unpaired) electrons. The molecule has 0 aliphatic heterocycles. The van der Waals surface area contributed by atoms with E-state index in [2.05, 4.69) is 0 Å². The SMILES string of the molecule is Nc1ccccc1SCCc1cccc(C(=O)O)c1. The molecule has 2 rings (SSSR count). The lowest BCUT2D eigenvalue weighted by atomic mass is 10.1. The van der Waals surface area contributed by atoms with Gasteiger partial charge in [-0.1, -0.05) is 24.3 Å². The van der Waals surface area contributed by atoms with Crippen molar-refractivity contribution in [2.45, 2.75) is 11.3 Å². The van der Waals surface area contributed by atoms with Crippen molar-refractivity contribution in [3.8, 4) is 0 Å². The number of carbonyl (C=O) groups is 1. The highest BCUT2D eigenvalue weighted by Crippen LogP contribution is 2.25. The first-order chi connectivity index (χ1) is 9.16. The number of benzene rings is 2. The van der Waals surface area contributed by atoms with Crippen LogP contribution in [0.1, 0.15) is 15.9 Å². The highest BCUT2D eigenvalue weighted by Gasteiger charge is 2.04. The van der Waals surface area contributed by atoms with Gasteiger partial charge in [-0.2, -0.15) is 0 Å². The minimum atomic E-state index is -0.887. The molecule has 0 atom stereocenters. The first-order valence-electron chi connectivity index (χ1n) is 5.96. The molecule has 3 nitrogen and oxygen atoms in total. The maximum absolute atomic E-state index is 10.9. The summed E-state index contributed by atoms with van der Waals surface area (Å²) in [6, 6.07) is 14.8. The van der Waals surface area contributed by atoms with Gasteiger partial charge >= 0.3 is 5.97 Å². The Morgan fingerprint density at radius 1 is 1.16 bits per heavy atom. The monoisotopic (exact) mass is 273 g/mol. The Morgan fingerprint density at radius 2 is 1.95 bits per heavy atom. The third-order valence-electron chi connectivity index (χ3n) is 2.74. The van der Waals surface area contributed by atoms with Gasteiger partial charge in [0, 0.05) is 16.3 Å². The number of aromatic carboxylic acids is 1. The molecular formula is C15H15NO2S. The van der Waals surface area contributed by atoms with Gasteiger partial charge in [0.05, 0.1) is 5.56 Å². The largest absolute Gasteiger partial charge is 0.478 e. The normalized spacial score (nSPS) is 10.3. The second kappa shape index (κ2) is 6.29. The van der Waals surface area contributed by atoms with E-state index in [9.17, 15) is 4.79 Å². The van der Waals surface area contributed by atoms with Gasteiger partial charge in [0.1, 0.15) is 0 Å². The average Bonchev–Trinajstić information content (AvgIpc) is 2.41. The molecule has 0 spiro atoms. The number of carboxylic acid groups (broad SMARTS) is 1. The van der Waals surface area contributed by atoms with Crippen molar-refractivity contribution < 1.29 is 9.90 Å². The molecule has 0 saturated carbocycles. The van der Waals surface area contributed by atoms with Crippen LogP contribution in [-0.2, 0) is 6.42 Å². The Labute approximate surface area is 116 Å². The second-order valence-electron chi connectivity index (χ2n) is 4.14. The Hall–Kier alpha value is -1.94. The van der Waals surface area contributed by atoms with E-state index in [0.29, 0.717) is 5.56 Å². The van der Waals surface area contributed by atoms with E-state index in [1.807, 2.05) is 30.3 Å². The zero-order valence-electron chi connectivity index (χ0n) is 10.4. The summed E-state index contributed by atoms with van der Waals surface area (Å²) in [6.45, 7) is 0. The van der Waals surface area contributed by atoms with Crippen LogP contribution in [0, 0.1) is 0 Å². The first-order valence-corrected chi connectivity index (χ1v) is 6.95. The molecule has 0 aliphatic rings. The van der Waals surface area contributed by atoms with E-state index in [-0.39, 0.29) is 0 Å². The van der Waals surface area contributed by atoms with Crippen LogP contribution in [-0.4, -0.2) is 16.8 Å². The highest BCUT2D eigenvalue weighted by atomic mass is 32.2. The molecular weight excluding hydrogens is 258 g/mol. The standard InChI is InChI=1S/C15H15NO2S/c16-13-6-1-2-7-14(13)19-9-8-11-4-3-5-12(10-11)15(17)18/h1-7,10H,8-9,16H2,(H,17,18). The molecule has 98 valence electrons. The molecule has 0 aliphatic carbocycles. The second-order valence-corrected chi connectivity index (χ2v) is 5.28. The topological polar surface area (TPSA) is 63.3 Å². The van der Waals surface area contributed by atoms with Gasteiger partial charge in [0.25, 0.3) is 0 Å². The number of carboxylic acids is 1. The van der Waals surface area contributed by atoms with Crippen LogP contribution in [0.2, 0.25) is 0 Å². The van der Waals surface area contributed by atoms with E-state index in [4.69, 9.17) is 10.8 Å². The van der Waals surface area contributed by atoms with Gasteiger partial charge in [0.2, 0.25) is 0 Å². The Kier molecular flexibility index (Phi) is 4.47. The summed E-state index contributed by atoms with van der Waals surface area (Å²) < 4.78 is 0. The first kappa shape index (κ1) is 13.5. The van der Waals surface area contributed by atoms with Crippen LogP contribution in [0.25, 0.3) is 0 Å². The van der Waals surface area contributed by atoms with Crippen molar-refractivity contribution in [1.82, 2.24) is 0 Å². The lowest BCUT2D eigenvalue weighted by molar-refractivity contribution is 0.0697. The van der Waals surface area contributed by atoms with E-state index < -0.39 is 5.97 Å². The Bertz CT molecular complexity index is 584. The van der Waals surface area contributed by atoms with E-state index in [1.165, 1.54) is 0 Å². The van der Waals surface area contributed by atoms with Crippen LogP contribution >= 0.6 is 11.8 Å². The number of nitrogens with two attached hydrogens (primary N) is 1. The number of anilines is 1. The number of hydrogen-bond donors (Lipinski definition) is 2. The van der Waals surface area contributed by atoms with Crippen molar-refractivity contribution in [2.75, 3.05) is 11.5 Å². The van der Waals surface area contributed by atoms with Crippen molar-refractivity contribution in [3.05, 3.63) is 59.7 Å². The van der Waals surface area contributed by atoms with Gasteiger partial charge in [-0.3, -0.25) is 0 Å². The third kappa shape index (κ3) is 3.76. The highest BCUT2D eigenvalue weighted by molar-refractivity contribution is 7.99. The summed E-state index contributed by atoms with van der Waals surface area (Å²) >= 11 is 1.68. The van der Waals surface area contributed by atoms with Gasteiger partial charge < -0.3 is 10.8 Å². The fourth-order valence-corrected chi connectivity index (χ4v) is 2.72. The molecule has 2 aromatic rings. The summed E-state index contributed by atoms with van der Waals surface area (Å²) in [7, 11) is 0. The molecule has 0 fully saturated rings. The minimum Gasteiger partial charge on any atom is -0.478 e. The third-order valence-corrected chi connectivity index (χ3v) is 3.83. The number of aryl methyl sites for hydroxylation is 1. The summed E-state index contributed by atoms with van der Waals surface area (Å²) in [4.78, 5) is 11.9. The van der Waals surface area contributed by atoms with Gasteiger partial charge in [-0.05, 0) is 36.2 Å². The Morgan fingerprint density at radius 3 is 2.68 bits per heavy atom. The maximum Gasteiger partial charge on any atom is 0.335 e. The molecule has 0 saturated heterocycles. The quantitative estimate of drug-likeness (QED) is 0.648. The van der Waals surface area contributed by atoms with E-state index in [1.54, 1.807) is 30.0 Å². The van der Waals surface area contributed by atoms with Crippen LogP contribution < -0.4 is 5.73 Å². The lowest BCUT2D eigenvalue weighted by Crippen LogP contribution is -1.98. The number of para-hydroxylation sites is 1. The van der Waals surface area contributed by atoms with Crippen molar-refractivity contribution in [1.29, 1.82) is 0 Å². The van der Waals surface area contributed by atoms with E-state index in [0.717, 1.165) is 28.3 Å². The molecule has 0 unspecified atom stereocenters. The average molecular weight is 273 g/mol. The molecule has 19 heavy (non-hydrogen) atoms. The summed E-state index contributed by atoms with van der Waals surface area (Å²) in [5.41, 5.74) is 8.01. The van der Waals surface area contributed by atoms with E-state index >= 15 is 0 Å². The predicted octanol–water partition coefficient (Wildman–Crippen LogP) is 3.30. The molecule has 0 aromatic heterocycles. The fraction of sp³-hybridized carbons (Fsp3) is 0.133. The minimum absolute atomic E-state index is 0.335. The smallest absolute Gasteiger partial charge is 0.335 e. The van der Waals surface area contributed by atoms with Crippen molar-refractivity contribution in [2.24, 2.45) is 0 Å². The molecule has 0 bridgehead atoms. The summed E-state index contributed by atoms with van der Waals surface area (Å²) in [5, 5.41) is 8.93. The zero-order chi connectivity index (χ0) is 13.7. The van der Waals surface area contributed by atoms with Gasteiger partial charge in [0.15, 0.2) is 0 Å². The molecule has 4 heteroatoms. The zero-order valence-corrected chi connectivity index (χ0v) is 11.2. The van der Waals surface area contributed by atoms with Gasteiger partial charge in [-0.15, -0.1) is 11.8 Å². The summed E-state index contributed by atoms with van der Waals surface area (Å²) in [6.07, 6.45) is 0.820. The molecule has 0 amide bonds. The lowest BCUT2D eigenvalue weighted by Gasteiger charge is -2.05. The number of hydrogen-bond acceptors (Lipinski definition) is 3. The van der Waals surface area contributed by atoms with Crippen LogP contribution in [0.4, 0.5) is 5.69 Å². The predicted molar refractivity (Wildman–Crippen MR) is 78.7 cm³/mol. The summed E-state index contributed by atoms with van der Waals surface area (Å²) in [5.74, 6) is -0.0149. The molecule has 3 N–H and O–H groups in total. The molecule has 2 aromatic carbocycles. The number of nitrogen functional groups attached to an aromatic ring is 1. The maximum atomic E-state index is 10.9. The number of thioether (sulfide) groups is 1. The van der Waals surface area contributed by atoms with Crippen LogP contribution in [0.15, 0.2) is 53.4 Å². The Balaban J connectivity index is 1.94. The van der Waals surface area contributed by atoms with Gasteiger partial charge in [-0.25, -0.2) is 4.79 Å². The fourth-order valence-electron chi connectivity index (χ4n) is 1.75. The molecule has 0 heterocycles. The van der Waals surface area contributed by atoms with Crippen LogP contribution in [0.3, 0.4) is 0 Å². The van der Waals surface area contributed by atoms with Crippen LogP contribution in [0.5, 0.6) is 0 Å². The number of rotatable bonds is 5. The van der Waals surface area contributed by atoms with Crippen molar-refractivity contribution in [3.63, 3.8) is 0 Å². The van der Waals surface area contributed by atoms with Crippen molar-refractivity contribution >= 4 is 23.4 Å².